The van der Waals surface area contributed by atoms with Crippen LogP contribution in [0.3, 0.4) is 0 Å². The first-order valence-corrected chi connectivity index (χ1v) is 3.74. The monoisotopic (exact) mass is 212 g/mol. The first kappa shape index (κ1) is 9.55. The molecule has 5 heteroatoms. The van der Waals surface area contributed by atoms with Crippen molar-refractivity contribution in [2.24, 2.45) is 0 Å². The van der Waals surface area contributed by atoms with Gasteiger partial charge >= 0.3 is 0 Å². The van der Waals surface area contributed by atoms with Crippen molar-refractivity contribution in [1.82, 2.24) is 0 Å². The Bertz CT molecular complexity index is 302. The topological polar surface area (TPSA) is 20.2 Å². The summed E-state index contributed by atoms with van der Waals surface area (Å²) >= 11 is 10.8. The van der Waals surface area contributed by atoms with Gasteiger partial charge in [0.1, 0.15) is 5.75 Å². The smallest absolute Gasteiger partial charge is 0.265 e. The minimum absolute atomic E-state index is 0.130. The Labute approximate surface area is 77.5 Å². The van der Waals surface area contributed by atoms with Crippen molar-refractivity contribution >= 4 is 23.2 Å². The Morgan fingerprint density at radius 3 is 2.25 bits per heavy atom. The zero-order valence-corrected chi connectivity index (χ0v) is 7.20. The van der Waals surface area contributed by atoms with Crippen molar-refractivity contribution in [3.63, 3.8) is 0 Å². The van der Waals surface area contributed by atoms with E-state index in [2.05, 4.69) is 0 Å². The largest absolute Gasteiger partial charge is 0.506 e. The second-order valence-electron chi connectivity index (χ2n) is 2.13. The standard InChI is InChI=1S/C7H4Cl2F2O/c8-4-2-6(12)5(9)1-3(4)7(10)11/h1-2,7,12H. The molecule has 0 bridgehead atoms. The maximum atomic E-state index is 12.1. The number of benzene rings is 1. The molecule has 0 amide bonds. The normalized spacial score (nSPS) is 10.8. The number of alkyl halides is 2. The summed E-state index contributed by atoms with van der Waals surface area (Å²) < 4.78 is 24.2. The molecular formula is C7H4Cl2F2O. The first-order valence-electron chi connectivity index (χ1n) is 2.98. The quantitative estimate of drug-likeness (QED) is 0.754. The number of rotatable bonds is 1. The Morgan fingerprint density at radius 1 is 1.17 bits per heavy atom. The van der Waals surface area contributed by atoms with Gasteiger partial charge in [-0.15, -0.1) is 0 Å². The molecule has 0 aliphatic heterocycles. The van der Waals surface area contributed by atoms with Gasteiger partial charge in [-0.2, -0.15) is 0 Å². The lowest BCUT2D eigenvalue weighted by Crippen LogP contribution is -1.85. The van der Waals surface area contributed by atoms with Gasteiger partial charge in [0.25, 0.3) is 6.43 Å². The molecule has 0 aliphatic carbocycles. The van der Waals surface area contributed by atoms with Crippen LogP contribution in [0.25, 0.3) is 0 Å². The fourth-order valence-electron chi connectivity index (χ4n) is 0.719. The van der Waals surface area contributed by atoms with E-state index in [4.69, 9.17) is 28.3 Å². The van der Waals surface area contributed by atoms with Crippen molar-refractivity contribution in [2.45, 2.75) is 6.43 Å². The van der Waals surface area contributed by atoms with Crippen LogP contribution < -0.4 is 0 Å². The lowest BCUT2D eigenvalue weighted by atomic mass is 10.2. The van der Waals surface area contributed by atoms with E-state index in [0.29, 0.717) is 0 Å². The molecule has 0 aliphatic rings. The van der Waals surface area contributed by atoms with Crippen LogP contribution in [0, 0.1) is 0 Å². The third kappa shape index (κ3) is 1.79. The molecule has 12 heavy (non-hydrogen) atoms. The Morgan fingerprint density at radius 2 is 1.75 bits per heavy atom. The third-order valence-electron chi connectivity index (χ3n) is 1.30. The molecule has 0 unspecified atom stereocenters. The molecule has 1 aromatic rings. The van der Waals surface area contributed by atoms with E-state index >= 15 is 0 Å². The van der Waals surface area contributed by atoms with E-state index in [9.17, 15) is 8.78 Å². The van der Waals surface area contributed by atoms with Crippen molar-refractivity contribution < 1.29 is 13.9 Å². The van der Waals surface area contributed by atoms with E-state index < -0.39 is 6.43 Å². The highest BCUT2D eigenvalue weighted by Crippen LogP contribution is 2.34. The number of aromatic hydroxyl groups is 1. The summed E-state index contributed by atoms with van der Waals surface area (Å²) in [5.74, 6) is -0.300. The number of phenols is 1. The second-order valence-corrected chi connectivity index (χ2v) is 2.94. The lowest BCUT2D eigenvalue weighted by molar-refractivity contribution is 0.151. The second kappa shape index (κ2) is 3.46. The minimum Gasteiger partial charge on any atom is -0.506 e. The van der Waals surface area contributed by atoms with Gasteiger partial charge in [0.05, 0.1) is 10.0 Å². The molecule has 0 spiro atoms. The van der Waals surface area contributed by atoms with E-state index in [1.165, 1.54) is 0 Å². The molecule has 0 heterocycles. The van der Waals surface area contributed by atoms with E-state index in [-0.39, 0.29) is 21.4 Å². The van der Waals surface area contributed by atoms with Gasteiger partial charge in [-0.3, -0.25) is 0 Å². The summed E-state index contributed by atoms with van der Waals surface area (Å²) in [5, 5.41) is 8.63. The molecule has 0 saturated carbocycles. The SMILES string of the molecule is Oc1cc(Cl)c(C(F)F)cc1Cl. The first-order chi connectivity index (χ1) is 5.52. The maximum Gasteiger partial charge on any atom is 0.265 e. The van der Waals surface area contributed by atoms with Crippen LogP contribution in [0.4, 0.5) is 8.78 Å². The predicted molar refractivity (Wildman–Crippen MR) is 43.1 cm³/mol. The van der Waals surface area contributed by atoms with Crippen molar-refractivity contribution in [1.29, 1.82) is 0 Å². The van der Waals surface area contributed by atoms with Crippen molar-refractivity contribution in [3.8, 4) is 5.75 Å². The van der Waals surface area contributed by atoms with Crippen LogP contribution in [0.15, 0.2) is 12.1 Å². The highest BCUT2D eigenvalue weighted by Gasteiger charge is 2.14. The molecule has 0 aromatic heterocycles. The lowest BCUT2D eigenvalue weighted by Gasteiger charge is -2.04. The molecular weight excluding hydrogens is 209 g/mol. The Kier molecular flexibility index (Phi) is 2.75. The summed E-state index contributed by atoms with van der Waals surface area (Å²) in [6.45, 7) is 0. The van der Waals surface area contributed by atoms with Crippen LogP contribution in [0.1, 0.15) is 12.0 Å². The zero-order valence-electron chi connectivity index (χ0n) is 5.69. The van der Waals surface area contributed by atoms with E-state index in [0.717, 1.165) is 12.1 Å². The van der Waals surface area contributed by atoms with Gasteiger partial charge in [0, 0.05) is 11.6 Å². The highest BCUT2D eigenvalue weighted by molar-refractivity contribution is 6.34. The van der Waals surface area contributed by atoms with Crippen molar-refractivity contribution in [2.75, 3.05) is 0 Å². The van der Waals surface area contributed by atoms with Gasteiger partial charge < -0.3 is 5.11 Å². The van der Waals surface area contributed by atoms with Crippen LogP contribution >= 0.6 is 23.2 Å². The van der Waals surface area contributed by atoms with Gasteiger partial charge in [-0.05, 0) is 6.07 Å². The molecule has 0 radical (unpaired) electrons. The fraction of sp³-hybridized carbons (Fsp3) is 0.143. The summed E-state index contributed by atoms with van der Waals surface area (Å²) in [6, 6.07) is 1.94. The van der Waals surface area contributed by atoms with Gasteiger partial charge in [-0.1, -0.05) is 23.2 Å². The number of halogens is 4. The molecule has 66 valence electrons. The average molecular weight is 213 g/mol. The minimum atomic E-state index is -2.68. The zero-order chi connectivity index (χ0) is 9.30. The Balaban J connectivity index is 3.23. The number of hydrogen-bond donors (Lipinski definition) is 1. The fourth-order valence-corrected chi connectivity index (χ4v) is 1.13. The maximum absolute atomic E-state index is 12.1. The number of hydrogen-bond acceptors (Lipinski definition) is 1. The van der Waals surface area contributed by atoms with Crippen molar-refractivity contribution in [3.05, 3.63) is 27.7 Å². The Hall–Kier alpha value is -0.540. The van der Waals surface area contributed by atoms with Crippen LogP contribution in [0.2, 0.25) is 10.0 Å². The molecule has 1 aromatic carbocycles. The van der Waals surface area contributed by atoms with Crippen LogP contribution in [0.5, 0.6) is 5.75 Å². The van der Waals surface area contributed by atoms with E-state index in [1.807, 2.05) is 0 Å². The molecule has 1 rings (SSSR count). The summed E-state index contributed by atoms with van der Waals surface area (Å²) in [4.78, 5) is 0. The summed E-state index contributed by atoms with van der Waals surface area (Å²) in [5.41, 5.74) is -0.375. The third-order valence-corrected chi connectivity index (χ3v) is 1.93. The molecule has 0 fully saturated rings. The summed E-state index contributed by atoms with van der Waals surface area (Å²) in [6.07, 6.45) is -2.68. The predicted octanol–water partition coefficient (Wildman–Crippen LogP) is 3.64. The van der Waals surface area contributed by atoms with Gasteiger partial charge in [0.15, 0.2) is 0 Å². The molecule has 1 nitrogen and oxygen atoms in total. The molecule has 0 atom stereocenters. The number of phenolic OH excluding ortho intramolecular Hbond substituents is 1. The van der Waals surface area contributed by atoms with E-state index in [1.54, 1.807) is 0 Å². The average Bonchev–Trinajstić information content (AvgIpc) is 1.96. The highest BCUT2D eigenvalue weighted by atomic mass is 35.5. The van der Waals surface area contributed by atoms with Gasteiger partial charge in [0.2, 0.25) is 0 Å². The molecule has 1 N–H and O–H groups in total. The molecule has 0 saturated heterocycles. The van der Waals surface area contributed by atoms with Crippen LogP contribution in [-0.4, -0.2) is 5.11 Å². The van der Waals surface area contributed by atoms with Gasteiger partial charge in [-0.25, -0.2) is 8.78 Å². The van der Waals surface area contributed by atoms with Crippen LogP contribution in [-0.2, 0) is 0 Å². The summed E-state index contributed by atoms with van der Waals surface area (Å²) in [7, 11) is 0.